The average Bonchev–Trinajstić information content (AvgIpc) is 2.97. The lowest BCUT2D eigenvalue weighted by Gasteiger charge is -2.11. The summed E-state index contributed by atoms with van der Waals surface area (Å²) in [5, 5.41) is 20.9. The van der Waals surface area contributed by atoms with Crippen LogP contribution < -0.4 is 5.32 Å². The van der Waals surface area contributed by atoms with Crippen molar-refractivity contribution in [1.29, 1.82) is 0 Å². The van der Waals surface area contributed by atoms with E-state index in [1.807, 2.05) is 13.8 Å². The van der Waals surface area contributed by atoms with Gasteiger partial charge in [-0.2, -0.15) is 9.78 Å². The highest BCUT2D eigenvalue weighted by Gasteiger charge is 2.15. The second-order valence-electron chi connectivity index (χ2n) is 4.43. The van der Waals surface area contributed by atoms with Gasteiger partial charge in [0.25, 0.3) is 0 Å². The lowest BCUT2D eigenvalue weighted by atomic mass is 10.4. The third-order valence-corrected chi connectivity index (χ3v) is 2.55. The number of hydrogen-bond acceptors (Lipinski definition) is 5. The minimum absolute atomic E-state index is 0.100. The first-order valence-corrected chi connectivity index (χ1v) is 5.98. The Labute approximate surface area is 114 Å². The number of rotatable bonds is 5. The number of amides is 1. The van der Waals surface area contributed by atoms with Crippen LogP contribution in [0.4, 0.5) is 11.6 Å². The fourth-order valence-corrected chi connectivity index (χ4v) is 1.69. The largest absolute Gasteiger partial charge is 0.389 e. The normalized spacial score (nSPS) is 10.8. The average molecular weight is 278 g/mol. The van der Waals surface area contributed by atoms with Crippen molar-refractivity contribution in [2.45, 2.75) is 26.4 Å². The minimum Gasteiger partial charge on any atom is -0.358 e. The van der Waals surface area contributed by atoms with Gasteiger partial charge in [-0.05, 0) is 18.8 Å². The van der Waals surface area contributed by atoms with Gasteiger partial charge in [0.2, 0.25) is 5.91 Å². The van der Waals surface area contributed by atoms with Crippen molar-refractivity contribution in [3.63, 3.8) is 0 Å². The maximum Gasteiger partial charge on any atom is 0.389 e. The van der Waals surface area contributed by atoms with E-state index in [0.29, 0.717) is 5.82 Å². The van der Waals surface area contributed by atoms with E-state index in [4.69, 9.17) is 0 Å². The van der Waals surface area contributed by atoms with Crippen LogP contribution in [0.5, 0.6) is 0 Å². The summed E-state index contributed by atoms with van der Waals surface area (Å²) in [6, 6.07) is 3.04. The predicted molar refractivity (Wildman–Crippen MR) is 70.1 cm³/mol. The summed E-state index contributed by atoms with van der Waals surface area (Å²) in [4.78, 5) is 21.7. The third kappa shape index (κ3) is 2.99. The lowest BCUT2D eigenvalue weighted by Crippen LogP contribution is -2.21. The molecule has 9 heteroatoms. The van der Waals surface area contributed by atoms with Crippen LogP contribution in [-0.2, 0) is 11.3 Å². The van der Waals surface area contributed by atoms with Crippen LogP contribution in [-0.4, -0.2) is 30.4 Å². The molecule has 9 nitrogen and oxygen atoms in total. The number of anilines is 1. The third-order valence-electron chi connectivity index (χ3n) is 2.55. The topological polar surface area (TPSA) is 108 Å². The van der Waals surface area contributed by atoms with E-state index in [1.54, 1.807) is 16.9 Å². The highest BCUT2D eigenvalue weighted by atomic mass is 16.6. The Balaban J connectivity index is 2.01. The molecule has 2 aromatic rings. The van der Waals surface area contributed by atoms with Gasteiger partial charge < -0.3 is 15.4 Å². The number of aromatic nitrogens is 4. The van der Waals surface area contributed by atoms with Crippen molar-refractivity contribution in [3.8, 4) is 0 Å². The van der Waals surface area contributed by atoms with Crippen molar-refractivity contribution < 1.29 is 9.72 Å². The van der Waals surface area contributed by atoms with Crippen molar-refractivity contribution in [2.24, 2.45) is 0 Å². The summed E-state index contributed by atoms with van der Waals surface area (Å²) in [6.07, 6.45) is 2.98. The number of hydrogen-bond donors (Lipinski definition) is 1. The molecule has 20 heavy (non-hydrogen) atoms. The fourth-order valence-electron chi connectivity index (χ4n) is 1.69. The van der Waals surface area contributed by atoms with E-state index in [0.717, 1.165) is 0 Å². The number of nitro groups is 1. The molecule has 0 spiro atoms. The summed E-state index contributed by atoms with van der Waals surface area (Å²) in [5.74, 6) is -0.0397. The maximum absolute atomic E-state index is 11.9. The van der Waals surface area contributed by atoms with E-state index >= 15 is 0 Å². The van der Waals surface area contributed by atoms with E-state index in [9.17, 15) is 14.9 Å². The molecule has 0 fully saturated rings. The molecule has 0 unspecified atom stereocenters. The van der Waals surface area contributed by atoms with E-state index in [1.165, 1.54) is 16.9 Å². The van der Waals surface area contributed by atoms with Gasteiger partial charge >= 0.3 is 5.82 Å². The molecule has 1 amide bonds. The first-order valence-electron chi connectivity index (χ1n) is 5.98. The summed E-state index contributed by atoms with van der Waals surface area (Å²) in [7, 11) is 0. The zero-order valence-electron chi connectivity index (χ0n) is 11.1. The number of nitrogens with zero attached hydrogens (tertiary/aromatic N) is 5. The van der Waals surface area contributed by atoms with Gasteiger partial charge in [-0.25, -0.2) is 4.68 Å². The van der Waals surface area contributed by atoms with Crippen LogP contribution in [0.25, 0.3) is 0 Å². The van der Waals surface area contributed by atoms with Crippen LogP contribution in [0, 0.1) is 10.1 Å². The number of nitrogens with one attached hydrogen (secondary N) is 1. The van der Waals surface area contributed by atoms with Gasteiger partial charge in [0.1, 0.15) is 12.4 Å². The monoisotopic (exact) mass is 278 g/mol. The van der Waals surface area contributed by atoms with E-state index in [2.05, 4.69) is 15.5 Å². The zero-order chi connectivity index (χ0) is 14.7. The molecule has 0 aliphatic rings. The van der Waals surface area contributed by atoms with Gasteiger partial charge in [0, 0.05) is 12.1 Å². The first-order chi connectivity index (χ1) is 9.47. The Hall–Kier alpha value is -2.71. The van der Waals surface area contributed by atoms with Gasteiger partial charge in [0.05, 0.1) is 23.6 Å². The Bertz CT molecular complexity index is 630. The highest BCUT2D eigenvalue weighted by molar-refractivity contribution is 5.89. The Kier molecular flexibility index (Phi) is 3.78. The molecule has 0 saturated heterocycles. The van der Waals surface area contributed by atoms with Crippen LogP contribution in [0.15, 0.2) is 24.5 Å². The molecule has 1 N–H and O–H groups in total. The lowest BCUT2D eigenvalue weighted by molar-refractivity contribution is -0.389. The maximum atomic E-state index is 11.9. The SMILES string of the molecule is CC(C)n1nccc1NC(=O)Cn1ccc([N+](=O)[O-])n1. The van der Waals surface area contributed by atoms with Crippen molar-refractivity contribution in [2.75, 3.05) is 5.32 Å². The predicted octanol–water partition coefficient (Wildman–Crippen LogP) is 1.21. The van der Waals surface area contributed by atoms with Gasteiger partial charge in [-0.15, -0.1) is 0 Å². The second-order valence-corrected chi connectivity index (χ2v) is 4.43. The first kappa shape index (κ1) is 13.7. The molecule has 2 aromatic heterocycles. The summed E-state index contributed by atoms with van der Waals surface area (Å²) < 4.78 is 2.88. The van der Waals surface area contributed by atoms with Crippen LogP contribution in [0.1, 0.15) is 19.9 Å². The Morgan fingerprint density at radius 3 is 2.85 bits per heavy atom. The van der Waals surface area contributed by atoms with Crippen LogP contribution in [0.3, 0.4) is 0 Å². The van der Waals surface area contributed by atoms with Crippen molar-refractivity contribution >= 4 is 17.5 Å². The zero-order valence-corrected chi connectivity index (χ0v) is 11.1. The Morgan fingerprint density at radius 1 is 1.50 bits per heavy atom. The number of carbonyl (C=O) groups is 1. The summed E-state index contributed by atoms with van der Waals surface area (Å²) in [5.41, 5.74) is 0. The van der Waals surface area contributed by atoms with Crippen LogP contribution in [0.2, 0.25) is 0 Å². The summed E-state index contributed by atoms with van der Waals surface area (Å²) in [6.45, 7) is 3.79. The van der Waals surface area contributed by atoms with Gasteiger partial charge in [-0.1, -0.05) is 0 Å². The van der Waals surface area contributed by atoms with Gasteiger partial charge in [0.15, 0.2) is 0 Å². The highest BCUT2D eigenvalue weighted by Crippen LogP contribution is 2.13. The minimum atomic E-state index is -0.609. The molecule has 2 heterocycles. The van der Waals surface area contributed by atoms with Crippen molar-refractivity contribution in [3.05, 3.63) is 34.6 Å². The number of carbonyl (C=O) groups excluding carboxylic acids is 1. The molecule has 0 saturated carbocycles. The Morgan fingerprint density at radius 2 is 2.25 bits per heavy atom. The molecule has 0 aliphatic carbocycles. The molecule has 0 aromatic carbocycles. The van der Waals surface area contributed by atoms with E-state index in [-0.39, 0.29) is 24.3 Å². The molecular weight excluding hydrogens is 264 g/mol. The van der Waals surface area contributed by atoms with Crippen molar-refractivity contribution in [1.82, 2.24) is 19.6 Å². The molecule has 0 aliphatic heterocycles. The quantitative estimate of drug-likeness (QED) is 0.653. The summed E-state index contributed by atoms with van der Waals surface area (Å²) >= 11 is 0. The fraction of sp³-hybridized carbons (Fsp3) is 0.364. The molecule has 0 radical (unpaired) electrons. The molecule has 2 rings (SSSR count). The molecule has 0 atom stereocenters. The second kappa shape index (κ2) is 5.51. The molecular formula is C11H14N6O3. The van der Waals surface area contributed by atoms with E-state index < -0.39 is 4.92 Å². The molecule has 106 valence electrons. The molecule has 0 bridgehead atoms. The standard InChI is InChI=1S/C11H14N6O3/c1-8(2)16-9(3-5-12-16)13-11(18)7-15-6-4-10(14-15)17(19)20/h3-6,8H,7H2,1-2H3,(H,13,18). The smallest absolute Gasteiger partial charge is 0.358 e. The van der Waals surface area contributed by atoms with Gasteiger partial charge in [-0.3, -0.25) is 4.79 Å². The van der Waals surface area contributed by atoms with Crippen LogP contribution >= 0.6 is 0 Å².